The highest BCUT2D eigenvalue weighted by Gasteiger charge is 2.12. The summed E-state index contributed by atoms with van der Waals surface area (Å²) in [5, 5.41) is 9.69. The lowest BCUT2D eigenvalue weighted by Gasteiger charge is -2.16. The van der Waals surface area contributed by atoms with Crippen molar-refractivity contribution in [1.29, 1.82) is 0 Å². The highest BCUT2D eigenvalue weighted by molar-refractivity contribution is 5.69. The molecular formula is C16H24O5. The lowest BCUT2D eigenvalue weighted by Crippen LogP contribution is -2.07. The normalized spacial score (nSPS) is 11.9. The van der Waals surface area contributed by atoms with Gasteiger partial charge in [0.2, 0.25) is 0 Å². The van der Waals surface area contributed by atoms with Crippen molar-refractivity contribution in [3.8, 4) is 11.5 Å². The van der Waals surface area contributed by atoms with Crippen LogP contribution in [0, 0.1) is 6.92 Å². The molecule has 1 rings (SSSR count). The van der Waals surface area contributed by atoms with Gasteiger partial charge >= 0.3 is 5.97 Å². The lowest BCUT2D eigenvalue weighted by molar-refractivity contribution is -0.143. The van der Waals surface area contributed by atoms with Crippen molar-refractivity contribution in [1.82, 2.24) is 0 Å². The fourth-order valence-electron chi connectivity index (χ4n) is 2.03. The quantitative estimate of drug-likeness (QED) is 0.590. The summed E-state index contributed by atoms with van der Waals surface area (Å²) >= 11 is 0. The molecule has 0 aliphatic heterocycles. The van der Waals surface area contributed by atoms with Crippen LogP contribution < -0.4 is 9.47 Å². The number of aliphatic hydroxyl groups excluding tert-OH is 1. The first kappa shape index (κ1) is 17.3. The maximum atomic E-state index is 11.2. The third-order valence-electron chi connectivity index (χ3n) is 3.09. The molecule has 0 aromatic heterocycles. The predicted molar refractivity (Wildman–Crippen MR) is 79.7 cm³/mol. The number of benzene rings is 1. The van der Waals surface area contributed by atoms with Crippen LogP contribution in [-0.4, -0.2) is 31.4 Å². The molecule has 1 unspecified atom stereocenters. The third kappa shape index (κ3) is 5.27. The Morgan fingerprint density at radius 2 is 2.05 bits per heavy atom. The summed E-state index contributed by atoms with van der Waals surface area (Å²) in [6.45, 7) is 6.20. The van der Waals surface area contributed by atoms with Crippen LogP contribution in [0.1, 0.15) is 43.9 Å². The number of aliphatic hydroxyl groups is 1. The van der Waals surface area contributed by atoms with Crippen LogP contribution in [0.2, 0.25) is 0 Å². The van der Waals surface area contributed by atoms with Crippen LogP contribution in [0.15, 0.2) is 12.1 Å². The standard InChI is InChI=1S/C16H24O5/c1-5-20-16(18)7-6-8-21-15-9-11(2)13(12(3)17)10-14(15)19-4/h9-10,12,17H,5-8H2,1-4H3. The molecule has 0 saturated heterocycles. The van der Waals surface area contributed by atoms with E-state index < -0.39 is 6.10 Å². The zero-order valence-electron chi connectivity index (χ0n) is 13.1. The number of aryl methyl sites for hydroxylation is 1. The van der Waals surface area contributed by atoms with Crippen molar-refractivity contribution in [2.24, 2.45) is 0 Å². The lowest BCUT2D eigenvalue weighted by atomic mass is 10.0. The number of methoxy groups -OCH3 is 1. The average Bonchev–Trinajstić information content (AvgIpc) is 2.43. The summed E-state index contributed by atoms with van der Waals surface area (Å²) in [5.41, 5.74) is 1.75. The maximum Gasteiger partial charge on any atom is 0.305 e. The van der Waals surface area contributed by atoms with E-state index in [0.29, 0.717) is 37.6 Å². The molecule has 21 heavy (non-hydrogen) atoms. The molecule has 1 aromatic carbocycles. The molecule has 5 nitrogen and oxygen atoms in total. The minimum atomic E-state index is -0.559. The van der Waals surface area contributed by atoms with Crippen molar-refractivity contribution in [3.63, 3.8) is 0 Å². The molecule has 118 valence electrons. The van der Waals surface area contributed by atoms with Crippen molar-refractivity contribution in [2.45, 2.75) is 39.7 Å². The maximum absolute atomic E-state index is 11.2. The van der Waals surface area contributed by atoms with Crippen LogP contribution >= 0.6 is 0 Å². The van der Waals surface area contributed by atoms with E-state index in [4.69, 9.17) is 14.2 Å². The Labute approximate surface area is 125 Å². The summed E-state index contributed by atoms with van der Waals surface area (Å²) in [6, 6.07) is 3.62. The number of esters is 1. The summed E-state index contributed by atoms with van der Waals surface area (Å²) in [6.07, 6.45) is 0.358. The van der Waals surface area contributed by atoms with Gasteiger partial charge in [0.15, 0.2) is 11.5 Å². The number of carbonyl (C=O) groups is 1. The molecule has 0 radical (unpaired) electrons. The molecule has 0 bridgehead atoms. The van der Waals surface area contributed by atoms with Gasteiger partial charge in [0.25, 0.3) is 0 Å². The average molecular weight is 296 g/mol. The van der Waals surface area contributed by atoms with Gasteiger partial charge in [-0.05, 0) is 50.5 Å². The minimum absolute atomic E-state index is 0.214. The number of carbonyl (C=O) groups excluding carboxylic acids is 1. The van der Waals surface area contributed by atoms with Crippen molar-refractivity contribution in [3.05, 3.63) is 23.3 Å². The number of hydrogen-bond donors (Lipinski definition) is 1. The topological polar surface area (TPSA) is 65.0 Å². The number of ether oxygens (including phenoxy) is 3. The Kier molecular flexibility index (Phi) is 7.02. The molecule has 1 N–H and O–H groups in total. The van der Waals surface area contributed by atoms with Crippen LogP contribution in [0.4, 0.5) is 0 Å². The van der Waals surface area contributed by atoms with Gasteiger partial charge in [0, 0.05) is 6.42 Å². The SMILES string of the molecule is CCOC(=O)CCCOc1cc(C)c(C(C)O)cc1OC. The predicted octanol–water partition coefficient (Wildman–Crippen LogP) is 2.78. The smallest absolute Gasteiger partial charge is 0.305 e. The summed E-state index contributed by atoms with van der Waals surface area (Å²) < 4.78 is 15.8. The van der Waals surface area contributed by atoms with Gasteiger partial charge in [-0.1, -0.05) is 0 Å². The second-order valence-electron chi connectivity index (χ2n) is 4.79. The monoisotopic (exact) mass is 296 g/mol. The molecule has 0 aliphatic carbocycles. The highest BCUT2D eigenvalue weighted by atomic mass is 16.5. The summed E-state index contributed by atoms with van der Waals surface area (Å²) in [7, 11) is 1.56. The van der Waals surface area contributed by atoms with Crippen molar-refractivity contribution < 1.29 is 24.1 Å². The largest absolute Gasteiger partial charge is 0.493 e. The van der Waals surface area contributed by atoms with E-state index in [0.717, 1.165) is 11.1 Å². The van der Waals surface area contributed by atoms with Gasteiger partial charge in [0.1, 0.15) is 0 Å². The van der Waals surface area contributed by atoms with Crippen LogP contribution in [0.3, 0.4) is 0 Å². The molecule has 0 heterocycles. The molecule has 0 amide bonds. The molecule has 1 aromatic rings. The Hall–Kier alpha value is -1.75. The van der Waals surface area contributed by atoms with Gasteiger partial charge in [0.05, 0.1) is 26.4 Å². The highest BCUT2D eigenvalue weighted by Crippen LogP contribution is 2.33. The van der Waals surface area contributed by atoms with E-state index in [2.05, 4.69) is 0 Å². The molecular weight excluding hydrogens is 272 g/mol. The van der Waals surface area contributed by atoms with E-state index in [-0.39, 0.29) is 5.97 Å². The first-order chi connectivity index (χ1) is 9.99. The molecule has 0 aliphatic rings. The minimum Gasteiger partial charge on any atom is -0.493 e. The molecule has 5 heteroatoms. The van der Waals surface area contributed by atoms with Crippen molar-refractivity contribution in [2.75, 3.05) is 20.3 Å². The number of rotatable bonds is 8. The fourth-order valence-corrected chi connectivity index (χ4v) is 2.03. The van der Waals surface area contributed by atoms with E-state index in [9.17, 15) is 9.90 Å². The zero-order chi connectivity index (χ0) is 15.8. The third-order valence-corrected chi connectivity index (χ3v) is 3.09. The second-order valence-corrected chi connectivity index (χ2v) is 4.79. The van der Waals surface area contributed by atoms with Crippen molar-refractivity contribution >= 4 is 5.97 Å². The molecule has 0 spiro atoms. The molecule has 1 atom stereocenters. The van der Waals surface area contributed by atoms with Gasteiger partial charge < -0.3 is 19.3 Å². The molecule has 0 fully saturated rings. The Balaban J connectivity index is 2.62. The zero-order valence-corrected chi connectivity index (χ0v) is 13.1. The van der Waals surface area contributed by atoms with E-state index in [1.54, 1.807) is 27.0 Å². The van der Waals surface area contributed by atoms with E-state index in [1.165, 1.54) is 0 Å². The summed E-state index contributed by atoms with van der Waals surface area (Å²) in [5.74, 6) is 0.976. The van der Waals surface area contributed by atoms with Gasteiger partial charge in [-0.3, -0.25) is 4.79 Å². The van der Waals surface area contributed by atoms with E-state index in [1.807, 2.05) is 13.0 Å². The first-order valence-electron chi connectivity index (χ1n) is 7.14. The van der Waals surface area contributed by atoms with Gasteiger partial charge in [-0.2, -0.15) is 0 Å². The van der Waals surface area contributed by atoms with Crippen LogP contribution in [0.25, 0.3) is 0 Å². The van der Waals surface area contributed by atoms with Gasteiger partial charge in [-0.15, -0.1) is 0 Å². The Morgan fingerprint density at radius 1 is 1.33 bits per heavy atom. The Bertz CT molecular complexity index is 468. The Morgan fingerprint density at radius 3 is 2.62 bits per heavy atom. The van der Waals surface area contributed by atoms with Gasteiger partial charge in [-0.25, -0.2) is 0 Å². The fraction of sp³-hybridized carbons (Fsp3) is 0.562. The number of hydrogen-bond acceptors (Lipinski definition) is 5. The second kappa shape index (κ2) is 8.52. The summed E-state index contributed by atoms with van der Waals surface area (Å²) in [4.78, 5) is 11.2. The van der Waals surface area contributed by atoms with E-state index >= 15 is 0 Å². The first-order valence-corrected chi connectivity index (χ1v) is 7.14. The van der Waals surface area contributed by atoms with Crippen LogP contribution in [0.5, 0.6) is 11.5 Å². The molecule has 0 saturated carbocycles. The van der Waals surface area contributed by atoms with Crippen LogP contribution in [-0.2, 0) is 9.53 Å².